The normalized spacial score (nSPS) is 20.7. The smallest absolute Gasteiger partial charge is 0.269 e. The summed E-state index contributed by atoms with van der Waals surface area (Å²) >= 11 is 0. The van der Waals surface area contributed by atoms with E-state index in [0.717, 1.165) is 18.7 Å². The largest absolute Gasteiger partial charge is 0.396 e. The molecule has 0 bridgehead atoms. The second-order valence-electron chi connectivity index (χ2n) is 6.54. The highest BCUT2D eigenvalue weighted by Crippen LogP contribution is 2.21. The van der Waals surface area contributed by atoms with E-state index >= 15 is 0 Å². The van der Waals surface area contributed by atoms with Crippen LogP contribution in [0.1, 0.15) is 23.3 Å². The van der Waals surface area contributed by atoms with Gasteiger partial charge in [0.1, 0.15) is 5.69 Å². The third kappa shape index (κ3) is 4.45. The van der Waals surface area contributed by atoms with Gasteiger partial charge in [-0.2, -0.15) is 5.10 Å². The first-order chi connectivity index (χ1) is 12.1. The Morgan fingerprint density at radius 3 is 2.92 bits per heavy atom. The molecule has 1 unspecified atom stereocenters. The van der Waals surface area contributed by atoms with Crippen LogP contribution in [0.4, 0.5) is 0 Å². The number of nitrogens with one attached hydrogen (secondary N) is 2. The number of amides is 1. The average molecular weight is 344 g/mol. The molecular formula is C18H24N4O3. The molecule has 0 radical (unpaired) electrons. The number of aliphatic hydroxyl groups excluding tert-OH is 1. The lowest BCUT2D eigenvalue weighted by Gasteiger charge is -2.23. The lowest BCUT2D eigenvalue weighted by molar-refractivity contribution is 0.0457. The van der Waals surface area contributed by atoms with Gasteiger partial charge in [0.2, 0.25) is 0 Å². The first-order valence-electron chi connectivity index (χ1n) is 8.54. The molecule has 1 aromatic carbocycles. The Kier molecular flexibility index (Phi) is 5.47. The zero-order chi connectivity index (χ0) is 17.7. The summed E-state index contributed by atoms with van der Waals surface area (Å²) < 4.78 is 0. The molecule has 1 fully saturated rings. The van der Waals surface area contributed by atoms with Gasteiger partial charge in [-0.3, -0.25) is 9.89 Å². The van der Waals surface area contributed by atoms with Crippen LogP contribution in [0.2, 0.25) is 0 Å². The molecule has 7 heteroatoms. The van der Waals surface area contributed by atoms with E-state index in [-0.39, 0.29) is 19.1 Å². The van der Waals surface area contributed by atoms with Crippen molar-refractivity contribution in [1.29, 1.82) is 0 Å². The zero-order valence-electron chi connectivity index (χ0n) is 14.1. The molecule has 1 aliphatic rings. The van der Waals surface area contributed by atoms with Crippen molar-refractivity contribution in [2.24, 2.45) is 0 Å². The first kappa shape index (κ1) is 17.6. The van der Waals surface area contributed by atoms with Gasteiger partial charge >= 0.3 is 0 Å². The van der Waals surface area contributed by atoms with Gasteiger partial charge in [0, 0.05) is 38.3 Å². The van der Waals surface area contributed by atoms with Gasteiger partial charge in [0.05, 0.1) is 11.3 Å². The fraction of sp³-hybridized carbons (Fsp3) is 0.444. The SMILES string of the molecule is O=C(NCC1(O)CCN(CCCO)C1)c1cc(-c2ccccc2)n[nH]1. The molecule has 3 rings (SSSR count). The molecule has 1 aromatic heterocycles. The molecule has 2 aromatic rings. The summed E-state index contributed by atoms with van der Waals surface area (Å²) in [5.41, 5.74) is 1.10. The maximum atomic E-state index is 12.3. The van der Waals surface area contributed by atoms with Gasteiger partial charge in [-0.1, -0.05) is 30.3 Å². The van der Waals surface area contributed by atoms with Crippen LogP contribution >= 0.6 is 0 Å². The predicted octanol–water partition coefficient (Wildman–Crippen LogP) is 0.626. The number of hydrogen-bond donors (Lipinski definition) is 4. The van der Waals surface area contributed by atoms with Crippen LogP contribution in [-0.2, 0) is 0 Å². The second-order valence-corrected chi connectivity index (χ2v) is 6.54. The van der Waals surface area contributed by atoms with Crippen molar-refractivity contribution >= 4 is 5.91 Å². The third-order valence-electron chi connectivity index (χ3n) is 4.51. The summed E-state index contributed by atoms with van der Waals surface area (Å²) in [4.78, 5) is 14.4. The molecule has 1 atom stereocenters. The molecule has 1 amide bonds. The lowest BCUT2D eigenvalue weighted by atomic mass is 10.0. The highest BCUT2D eigenvalue weighted by atomic mass is 16.3. The highest BCUT2D eigenvalue weighted by molar-refractivity contribution is 5.93. The number of β-amino-alcohol motifs (C(OH)–C–C–N with tert-alkyl or cyclic N) is 1. The fourth-order valence-electron chi connectivity index (χ4n) is 3.10. The van der Waals surface area contributed by atoms with Gasteiger partial charge in [-0.15, -0.1) is 0 Å². The second kappa shape index (κ2) is 7.77. The van der Waals surface area contributed by atoms with Crippen molar-refractivity contribution in [3.8, 4) is 11.3 Å². The van der Waals surface area contributed by atoms with E-state index in [1.807, 2.05) is 30.3 Å². The minimum absolute atomic E-state index is 0.148. The van der Waals surface area contributed by atoms with E-state index in [2.05, 4.69) is 20.4 Å². The topological polar surface area (TPSA) is 101 Å². The van der Waals surface area contributed by atoms with Crippen LogP contribution in [0.25, 0.3) is 11.3 Å². The van der Waals surface area contributed by atoms with Crippen LogP contribution in [-0.4, -0.2) is 69.6 Å². The number of carbonyl (C=O) groups is 1. The van der Waals surface area contributed by atoms with Gasteiger partial charge in [0.15, 0.2) is 0 Å². The van der Waals surface area contributed by atoms with Crippen molar-refractivity contribution in [3.05, 3.63) is 42.1 Å². The maximum absolute atomic E-state index is 12.3. The molecular weight excluding hydrogens is 320 g/mol. The van der Waals surface area contributed by atoms with E-state index in [0.29, 0.717) is 30.8 Å². The van der Waals surface area contributed by atoms with Crippen molar-refractivity contribution in [2.75, 3.05) is 32.8 Å². The lowest BCUT2D eigenvalue weighted by Crippen LogP contribution is -2.45. The van der Waals surface area contributed by atoms with Crippen LogP contribution in [0.3, 0.4) is 0 Å². The van der Waals surface area contributed by atoms with Crippen molar-refractivity contribution in [3.63, 3.8) is 0 Å². The number of aliphatic hydroxyl groups is 2. The Bertz CT molecular complexity index is 703. The summed E-state index contributed by atoms with van der Waals surface area (Å²) in [5.74, 6) is -0.281. The molecule has 0 saturated carbocycles. The summed E-state index contributed by atoms with van der Waals surface area (Å²) in [7, 11) is 0. The first-order valence-corrected chi connectivity index (χ1v) is 8.54. The Hall–Kier alpha value is -2.22. The van der Waals surface area contributed by atoms with E-state index in [9.17, 15) is 9.90 Å². The van der Waals surface area contributed by atoms with Gasteiger partial charge < -0.3 is 20.4 Å². The molecule has 0 spiro atoms. The Balaban J connectivity index is 1.54. The third-order valence-corrected chi connectivity index (χ3v) is 4.51. The molecule has 7 nitrogen and oxygen atoms in total. The maximum Gasteiger partial charge on any atom is 0.269 e. The number of H-pyrrole nitrogens is 1. The van der Waals surface area contributed by atoms with Crippen molar-refractivity contribution < 1.29 is 15.0 Å². The van der Waals surface area contributed by atoms with Crippen molar-refractivity contribution in [2.45, 2.75) is 18.4 Å². The number of carbonyl (C=O) groups excluding carboxylic acids is 1. The Morgan fingerprint density at radius 1 is 1.36 bits per heavy atom. The fourth-order valence-corrected chi connectivity index (χ4v) is 3.10. The van der Waals surface area contributed by atoms with Gasteiger partial charge in [0.25, 0.3) is 5.91 Å². The van der Waals surface area contributed by atoms with Gasteiger partial charge in [-0.05, 0) is 18.9 Å². The summed E-state index contributed by atoms with van der Waals surface area (Å²) in [6, 6.07) is 11.3. The molecule has 1 aliphatic heterocycles. The Morgan fingerprint density at radius 2 is 2.16 bits per heavy atom. The van der Waals surface area contributed by atoms with Crippen LogP contribution in [0.15, 0.2) is 36.4 Å². The quantitative estimate of drug-likeness (QED) is 0.590. The van der Waals surface area contributed by atoms with E-state index in [4.69, 9.17) is 5.11 Å². The molecule has 0 aliphatic carbocycles. The van der Waals surface area contributed by atoms with Crippen LogP contribution < -0.4 is 5.32 Å². The molecule has 1 saturated heterocycles. The number of hydrogen-bond acceptors (Lipinski definition) is 5. The average Bonchev–Trinajstić information content (AvgIpc) is 3.26. The number of likely N-dealkylation sites (tertiary alicyclic amines) is 1. The van der Waals surface area contributed by atoms with Crippen LogP contribution in [0, 0.1) is 0 Å². The number of rotatable bonds is 7. The summed E-state index contributed by atoms with van der Waals surface area (Å²) in [6.07, 6.45) is 1.30. The zero-order valence-corrected chi connectivity index (χ0v) is 14.1. The van der Waals surface area contributed by atoms with E-state index in [1.165, 1.54) is 0 Å². The molecule has 4 N–H and O–H groups in total. The number of benzene rings is 1. The van der Waals surface area contributed by atoms with E-state index < -0.39 is 5.60 Å². The van der Waals surface area contributed by atoms with E-state index in [1.54, 1.807) is 6.07 Å². The summed E-state index contributed by atoms with van der Waals surface area (Å²) in [6.45, 7) is 2.38. The molecule has 134 valence electrons. The predicted molar refractivity (Wildman–Crippen MR) is 94.1 cm³/mol. The number of nitrogens with zero attached hydrogens (tertiary/aromatic N) is 2. The minimum atomic E-state index is -0.923. The number of aromatic amines is 1. The highest BCUT2D eigenvalue weighted by Gasteiger charge is 2.36. The van der Waals surface area contributed by atoms with Crippen LogP contribution in [0.5, 0.6) is 0 Å². The molecule has 2 heterocycles. The standard InChI is InChI=1S/C18H24N4O3/c23-10-4-8-22-9-7-18(25,13-22)12-19-17(24)16-11-15(20-21-16)14-5-2-1-3-6-14/h1-3,5-6,11,23,25H,4,7-10,12-13H2,(H,19,24)(H,20,21). The van der Waals surface area contributed by atoms with Gasteiger partial charge in [-0.25, -0.2) is 0 Å². The monoisotopic (exact) mass is 344 g/mol. The van der Waals surface area contributed by atoms with Crippen molar-refractivity contribution in [1.82, 2.24) is 20.4 Å². The Labute approximate surface area is 146 Å². The molecule has 25 heavy (non-hydrogen) atoms. The summed E-state index contributed by atoms with van der Waals surface area (Å²) in [5, 5.41) is 29.2. The number of aromatic nitrogens is 2. The minimum Gasteiger partial charge on any atom is -0.396 e.